The topological polar surface area (TPSA) is 117 Å². The van der Waals surface area contributed by atoms with Crippen molar-refractivity contribution in [2.45, 2.75) is 43.3 Å². The van der Waals surface area contributed by atoms with Gasteiger partial charge in [0.2, 0.25) is 11.8 Å². The minimum Gasteiger partial charge on any atom is -0.467 e. The van der Waals surface area contributed by atoms with Crippen LogP contribution in [0, 0.1) is 5.92 Å². The lowest BCUT2D eigenvalue weighted by Crippen LogP contribution is -2.53. The number of carbonyl (C=O) groups is 4. The van der Waals surface area contributed by atoms with Gasteiger partial charge in [-0.1, -0.05) is 19.9 Å². The highest BCUT2D eigenvalue weighted by Gasteiger charge is 2.41. The third-order valence-electron chi connectivity index (χ3n) is 5.27. The molecule has 0 bridgehead atoms. The van der Waals surface area contributed by atoms with Gasteiger partial charge in [0.05, 0.1) is 18.9 Å². The Hall–Kier alpha value is -2.40. The number of amides is 4. The summed E-state index contributed by atoms with van der Waals surface area (Å²) in [4.78, 5) is 52.8. The molecule has 0 spiro atoms. The Kier molecular flexibility index (Phi) is 10.4. The molecule has 182 valence electrons. The van der Waals surface area contributed by atoms with Crippen LogP contribution in [0.25, 0.3) is 0 Å². The molecule has 11 heteroatoms. The van der Waals surface area contributed by atoms with Crippen LogP contribution in [0.1, 0.15) is 20.3 Å². The van der Waals surface area contributed by atoms with E-state index in [0.29, 0.717) is 5.69 Å². The van der Waals surface area contributed by atoms with E-state index in [0.717, 1.165) is 4.90 Å². The van der Waals surface area contributed by atoms with Crippen LogP contribution in [-0.4, -0.2) is 78.8 Å². The summed E-state index contributed by atoms with van der Waals surface area (Å²) in [7, 11) is 1.27. The van der Waals surface area contributed by atoms with Crippen molar-refractivity contribution in [3.05, 3.63) is 24.3 Å². The molecule has 9 nitrogen and oxygen atoms in total. The number of rotatable bonds is 9. The molecule has 1 fully saturated rings. The molecule has 3 N–H and O–H groups in total. The van der Waals surface area contributed by atoms with Crippen LogP contribution in [0.4, 0.5) is 10.5 Å². The molecule has 1 heterocycles. The monoisotopic (exact) mass is 496 g/mol. The number of ether oxygens (including phenoxy) is 1. The van der Waals surface area contributed by atoms with E-state index in [1.165, 1.54) is 23.8 Å². The summed E-state index contributed by atoms with van der Waals surface area (Å²) in [6.07, 6.45) is 4.00. The average Bonchev–Trinajstić information content (AvgIpc) is 3.20. The minimum absolute atomic E-state index is 0.185. The van der Waals surface area contributed by atoms with E-state index in [1.807, 2.05) is 24.5 Å². The van der Waals surface area contributed by atoms with Gasteiger partial charge in [0, 0.05) is 17.1 Å². The molecule has 0 unspecified atom stereocenters. The number of likely N-dealkylation sites (tertiary alicyclic amines) is 1. The van der Waals surface area contributed by atoms with Crippen molar-refractivity contribution in [1.29, 1.82) is 0 Å². The fourth-order valence-electron chi connectivity index (χ4n) is 3.60. The van der Waals surface area contributed by atoms with Gasteiger partial charge in [0.1, 0.15) is 12.1 Å². The van der Waals surface area contributed by atoms with Crippen LogP contribution < -0.4 is 16.0 Å². The van der Waals surface area contributed by atoms with Crippen molar-refractivity contribution >= 4 is 53.0 Å². The third-order valence-corrected chi connectivity index (χ3v) is 6.54. The number of carbonyl (C=O) groups excluding carboxylic acids is 4. The fourth-order valence-corrected chi connectivity index (χ4v) is 4.47. The van der Waals surface area contributed by atoms with Gasteiger partial charge >= 0.3 is 12.0 Å². The molecule has 2 rings (SSSR count). The molecule has 1 aliphatic heterocycles. The van der Waals surface area contributed by atoms with Gasteiger partial charge in [-0.3, -0.25) is 9.59 Å². The lowest BCUT2D eigenvalue weighted by atomic mass is 10.0. The maximum atomic E-state index is 13.0. The summed E-state index contributed by atoms with van der Waals surface area (Å²) < 4.78 is 4.79. The summed E-state index contributed by atoms with van der Waals surface area (Å²) in [5.41, 5.74) is 0.653. The number of esters is 1. The maximum Gasteiger partial charge on any atom is 0.328 e. The van der Waals surface area contributed by atoms with Crippen molar-refractivity contribution in [3.8, 4) is 0 Å². The number of nitrogens with one attached hydrogen (secondary N) is 3. The summed E-state index contributed by atoms with van der Waals surface area (Å²) in [6, 6.07) is 5.02. The first-order valence-electron chi connectivity index (χ1n) is 10.6. The minimum atomic E-state index is -0.820. The van der Waals surface area contributed by atoms with Crippen molar-refractivity contribution < 1.29 is 23.9 Å². The van der Waals surface area contributed by atoms with Crippen LogP contribution in [0.15, 0.2) is 29.2 Å². The highest BCUT2D eigenvalue weighted by atomic mass is 32.2. The first kappa shape index (κ1) is 26.8. The molecule has 1 aliphatic rings. The molecule has 0 aromatic heterocycles. The molecular formula is C22H32N4O5S2. The van der Waals surface area contributed by atoms with Crippen LogP contribution in [-0.2, 0) is 19.1 Å². The van der Waals surface area contributed by atoms with Crippen molar-refractivity contribution in [2.75, 3.05) is 37.2 Å². The Balaban J connectivity index is 2.09. The predicted octanol–water partition coefficient (Wildman–Crippen LogP) is 2.18. The number of methoxy groups -OCH3 is 1. The van der Waals surface area contributed by atoms with E-state index < -0.39 is 36.0 Å². The zero-order valence-corrected chi connectivity index (χ0v) is 21.2. The van der Waals surface area contributed by atoms with Gasteiger partial charge in [-0.15, -0.1) is 11.8 Å². The molecule has 1 aromatic rings. The second-order valence-electron chi connectivity index (χ2n) is 8.01. The highest BCUT2D eigenvalue weighted by Crippen LogP contribution is 2.22. The molecule has 0 radical (unpaired) electrons. The molecule has 3 atom stereocenters. The van der Waals surface area contributed by atoms with Crippen molar-refractivity contribution in [3.63, 3.8) is 0 Å². The van der Waals surface area contributed by atoms with Gasteiger partial charge in [0.15, 0.2) is 0 Å². The number of hydrogen-bond donors (Lipinski definition) is 3. The SMILES string of the molecule is COC(=O)[C@H](NC(=O)[C@@H]1C[C@H](NC(=O)Nc2cccc(SC)c2)CN1C(=O)CSC)C(C)C. The van der Waals surface area contributed by atoms with E-state index in [-0.39, 0.29) is 30.5 Å². The molecule has 1 saturated heterocycles. The number of nitrogens with zero attached hydrogens (tertiary/aromatic N) is 1. The number of benzene rings is 1. The first-order chi connectivity index (χ1) is 15.7. The average molecular weight is 497 g/mol. The van der Waals surface area contributed by atoms with E-state index in [1.54, 1.807) is 37.9 Å². The van der Waals surface area contributed by atoms with Gasteiger partial charge in [-0.25, -0.2) is 9.59 Å². The summed E-state index contributed by atoms with van der Waals surface area (Å²) in [5, 5.41) is 8.37. The summed E-state index contributed by atoms with van der Waals surface area (Å²) >= 11 is 2.93. The van der Waals surface area contributed by atoms with Gasteiger partial charge in [-0.2, -0.15) is 11.8 Å². The Labute approximate surface area is 203 Å². The van der Waals surface area contributed by atoms with Crippen LogP contribution >= 0.6 is 23.5 Å². The van der Waals surface area contributed by atoms with Crippen molar-refractivity contribution in [2.24, 2.45) is 5.92 Å². The number of anilines is 1. The summed E-state index contributed by atoms with van der Waals surface area (Å²) in [6.45, 7) is 3.81. The Morgan fingerprint density at radius 2 is 1.94 bits per heavy atom. The zero-order chi connectivity index (χ0) is 24.5. The quantitative estimate of drug-likeness (QED) is 0.354. The smallest absolute Gasteiger partial charge is 0.328 e. The van der Waals surface area contributed by atoms with Crippen molar-refractivity contribution in [1.82, 2.24) is 15.5 Å². The Morgan fingerprint density at radius 1 is 1.21 bits per heavy atom. The lowest BCUT2D eigenvalue weighted by Gasteiger charge is -2.26. The van der Waals surface area contributed by atoms with Crippen LogP contribution in [0.2, 0.25) is 0 Å². The second kappa shape index (κ2) is 12.7. The zero-order valence-electron chi connectivity index (χ0n) is 19.5. The summed E-state index contributed by atoms with van der Waals surface area (Å²) in [5.74, 6) is -1.14. The third kappa shape index (κ3) is 7.56. The van der Waals surface area contributed by atoms with E-state index in [2.05, 4.69) is 16.0 Å². The Bertz CT molecular complexity index is 867. The second-order valence-corrected chi connectivity index (χ2v) is 9.76. The van der Waals surface area contributed by atoms with E-state index >= 15 is 0 Å². The molecule has 1 aromatic carbocycles. The Morgan fingerprint density at radius 3 is 2.55 bits per heavy atom. The van der Waals surface area contributed by atoms with Crippen LogP contribution in [0.3, 0.4) is 0 Å². The molecule has 0 aliphatic carbocycles. The van der Waals surface area contributed by atoms with Crippen LogP contribution in [0.5, 0.6) is 0 Å². The molecule has 0 saturated carbocycles. The standard InChI is InChI=1S/C22H32N4O5S2/c1-13(2)19(21(29)31-3)25-20(28)17-10-15(11-26(17)18(27)12-32-4)24-22(30)23-14-7-6-8-16(9-14)33-5/h6-9,13,15,17,19H,10-12H2,1-5H3,(H,25,28)(H2,23,24,30)/t15-,17-,19+/m0/s1. The fraction of sp³-hybridized carbons (Fsp3) is 0.545. The van der Waals surface area contributed by atoms with E-state index in [9.17, 15) is 19.2 Å². The number of hydrogen-bond acceptors (Lipinski definition) is 7. The van der Waals surface area contributed by atoms with Gasteiger partial charge in [-0.05, 0) is 43.0 Å². The molecule has 4 amide bonds. The highest BCUT2D eigenvalue weighted by molar-refractivity contribution is 7.99. The molecular weight excluding hydrogens is 464 g/mol. The van der Waals surface area contributed by atoms with E-state index in [4.69, 9.17) is 4.74 Å². The number of thioether (sulfide) groups is 2. The van der Waals surface area contributed by atoms with Gasteiger partial charge in [0.25, 0.3) is 0 Å². The van der Waals surface area contributed by atoms with Gasteiger partial charge < -0.3 is 25.6 Å². The molecule has 33 heavy (non-hydrogen) atoms. The predicted molar refractivity (Wildman–Crippen MR) is 131 cm³/mol. The normalized spacial score (nSPS) is 18.5. The lowest BCUT2D eigenvalue weighted by molar-refractivity contribution is -0.147. The number of urea groups is 1. The maximum absolute atomic E-state index is 13.0. The first-order valence-corrected chi connectivity index (χ1v) is 13.2. The largest absolute Gasteiger partial charge is 0.467 e.